The van der Waals surface area contributed by atoms with Crippen LogP contribution in [0.5, 0.6) is 0 Å². The fourth-order valence-corrected chi connectivity index (χ4v) is 1.93. The summed E-state index contributed by atoms with van der Waals surface area (Å²) in [4.78, 5) is 11.6. The molecule has 86 valence electrons. The first-order chi connectivity index (χ1) is 7.06. The zero-order chi connectivity index (χ0) is 11.3. The van der Waals surface area contributed by atoms with Crippen molar-refractivity contribution >= 4 is 28.6 Å². The third-order valence-corrected chi connectivity index (χ3v) is 3.84. The maximum atomic E-state index is 11.6. The van der Waals surface area contributed by atoms with Crippen molar-refractivity contribution in [3.63, 3.8) is 0 Å². The zero-order valence-electron chi connectivity index (χ0n) is 9.30. The maximum Gasteiger partial charge on any atom is 0.325 e. The Morgan fingerprint density at radius 2 is 2.13 bits per heavy atom. The van der Waals surface area contributed by atoms with Crippen molar-refractivity contribution in [1.82, 2.24) is 0 Å². The van der Waals surface area contributed by atoms with Gasteiger partial charge in [-0.3, -0.25) is 4.79 Å². The topological polar surface area (TPSA) is 26.3 Å². The van der Waals surface area contributed by atoms with E-state index in [2.05, 4.69) is 29.2 Å². The van der Waals surface area contributed by atoms with Crippen LogP contribution in [0.25, 0.3) is 0 Å². The molecule has 0 aromatic heterocycles. The number of halogens is 1. The molecule has 0 aliphatic heterocycles. The Labute approximate surface area is 106 Å². The van der Waals surface area contributed by atoms with E-state index in [1.807, 2.05) is 6.92 Å². The first kappa shape index (κ1) is 13.0. The summed E-state index contributed by atoms with van der Waals surface area (Å²) >= 11 is 2.07. The highest BCUT2D eigenvalue weighted by Gasteiger charge is 2.28. The Morgan fingerprint density at radius 3 is 2.67 bits per heavy atom. The van der Waals surface area contributed by atoms with Gasteiger partial charge in [0.2, 0.25) is 0 Å². The second-order valence-corrected chi connectivity index (χ2v) is 6.62. The number of carbonyl (C=O) groups excluding carboxylic acids is 1. The van der Waals surface area contributed by atoms with Gasteiger partial charge in [0, 0.05) is 0 Å². The number of alkyl halides is 1. The molecule has 1 saturated carbocycles. The van der Waals surface area contributed by atoms with Crippen LogP contribution in [-0.2, 0) is 9.53 Å². The van der Waals surface area contributed by atoms with Crippen LogP contribution >= 0.6 is 22.6 Å². The molecule has 0 N–H and O–H groups in total. The highest BCUT2D eigenvalue weighted by atomic mass is 127. The lowest BCUT2D eigenvalue weighted by molar-refractivity contribution is -0.145. The molecule has 0 saturated heterocycles. The van der Waals surface area contributed by atoms with Crippen molar-refractivity contribution in [3.05, 3.63) is 12.7 Å². The number of hydrogen-bond donors (Lipinski definition) is 0. The summed E-state index contributed by atoms with van der Waals surface area (Å²) in [5.41, 5.74) is 0. The third kappa shape index (κ3) is 4.13. The number of rotatable bonds is 4. The summed E-state index contributed by atoms with van der Waals surface area (Å²) < 4.78 is 4.74. The molecule has 1 unspecified atom stereocenters. The molecule has 0 heterocycles. The summed E-state index contributed by atoms with van der Waals surface area (Å²) in [5, 5.41) is 0. The summed E-state index contributed by atoms with van der Waals surface area (Å²) in [7, 11) is 0. The van der Waals surface area contributed by atoms with Crippen molar-refractivity contribution in [2.24, 2.45) is 5.92 Å². The van der Waals surface area contributed by atoms with Crippen molar-refractivity contribution < 1.29 is 9.53 Å². The number of carbonyl (C=O) groups is 1. The van der Waals surface area contributed by atoms with E-state index in [0.717, 1.165) is 0 Å². The van der Waals surface area contributed by atoms with Crippen LogP contribution in [0.15, 0.2) is 12.7 Å². The van der Waals surface area contributed by atoms with Gasteiger partial charge in [-0.1, -0.05) is 47.9 Å². The van der Waals surface area contributed by atoms with Crippen LogP contribution in [0.3, 0.4) is 0 Å². The van der Waals surface area contributed by atoms with Crippen LogP contribution in [0.2, 0.25) is 0 Å². The van der Waals surface area contributed by atoms with Gasteiger partial charge >= 0.3 is 5.97 Å². The van der Waals surface area contributed by atoms with Crippen molar-refractivity contribution in [2.75, 3.05) is 6.61 Å². The zero-order valence-corrected chi connectivity index (χ0v) is 11.5. The molecule has 3 heteroatoms. The molecule has 0 aromatic carbocycles. The fraction of sp³-hybridized carbons (Fsp3) is 0.750. The molecular formula is C12H19IO2. The lowest BCUT2D eigenvalue weighted by Crippen LogP contribution is -2.29. The predicted octanol–water partition coefficient (Wildman–Crippen LogP) is 3.49. The largest absolute Gasteiger partial charge is 0.464 e. The normalized spacial score (nSPS) is 21.7. The van der Waals surface area contributed by atoms with E-state index in [9.17, 15) is 4.79 Å². The quantitative estimate of drug-likeness (QED) is 0.343. The average Bonchev–Trinajstić information content (AvgIpc) is 2.27. The first-order valence-electron chi connectivity index (χ1n) is 5.56. The highest BCUT2D eigenvalue weighted by Crippen LogP contribution is 2.26. The molecule has 0 bridgehead atoms. The average molecular weight is 322 g/mol. The van der Waals surface area contributed by atoms with E-state index >= 15 is 0 Å². The molecule has 1 fully saturated rings. The van der Waals surface area contributed by atoms with Gasteiger partial charge in [-0.05, 0) is 25.7 Å². The van der Waals surface area contributed by atoms with Gasteiger partial charge < -0.3 is 4.74 Å². The Bertz CT molecular complexity index is 230. The van der Waals surface area contributed by atoms with Gasteiger partial charge in [-0.15, -0.1) is 6.58 Å². The van der Waals surface area contributed by atoms with E-state index in [1.54, 1.807) is 6.08 Å². The molecule has 1 rings (SSSR count). The minimum atomic E-state index is -0.577. The van der Waals surface area contributed by atoms with Gasteiger partial charge in [-0.2, -0.15) is 0 Å². The van der Waals surface area contributed by atoms with Crippen molar-refractivity contribution in [3.8, 4) is 0 Å². The molecule has 0 spiro atoms. The van der Waals surface area contributed by atoms with Gasteiger partial charge in [-0.25, -0.2) is 0 Å². The summed E-state index contributed by atoms with van der Waals surface area (Å²) in [6.07, 6.45) is 7.95. The van der Waals surface area contributed by atoms with Crippen LogP contribution < -0.4 is 0 Å². The molecule has 1 aliphatic carbocycles. The number of esters is 1. The molecular weight excluding hydrogens is 303 g/mol. The lowest BCUT2D eigenvalue weighted by Gasteiger charge is -2.23. The molecule has 1 aliphatic rings. The summed E-state index contributed by atoms with van der Waals surface area (Å²) in [6.45, 7) is 6.05. The summed E-state index contributed by atoms with van der Waals surface area (Å²) in [5.74, 6) is 0.420. The predicted molar refractivity (Wildman–Crippen MR) is 70.2 cm³/mol. The van der Waals surface area contributed by atoms with Crippen LogP contribution in [-0.4, -0.2) is 16.0 Å². The van der Waals surface area contributed by atoms with Gasteiger partial charge in [0.25, 0.3) is 0 Å². The monoisotopic (exact) mass is 322 g/mol. The van der Waals surface area contributed by atoms with Gasteiger partial charge in [0.1, 0.15) is 3.42 Å². The molecule has 0 radical (unpaired) electrons. The SMILES string of the molecule is C=CC(C)(I)C(=O)OCC1CCCCC1. The smallest absolute Gasteiger partial charge is 0.325 e. The Kier molecular flexibility index (Phi) is 5.09. The molecule has 2 nitrogen and oxygen atoms in total. The second-order valence-electron chi connectivity index (χ2n) is 4.38. The molecule has 0 aromatic rings. The number of ether oxygens (including phenoxy) is 1. The minimum Gasteiger partial charge on any atom is -0.464 e. The van der Waals surface area contributed by atoms with Crippen LogP contribution in [0.1, 0.15) is 39.0 Å². The van der Waals surface area contributed by atoms with Crippen molar-refractivity contribution in [2.45, 2.75) is 42.4 Å². The standard InChI is InChI=1S/C12H19IO2/c1-3-12(2,13)11(14)15-9-10-7-5-4-6-8-10/h3,10H,1,4-9H2,2H3. The van der Waals surface area contributed by atoms with E-state index in [-0.39, 0.29) is 5.97 Å². The second kappa shape index (κ2) is 5.87. The van der Waals surface area contributed by atoms with E-state index in [1.165, 1.54) is 32.1 Å². The lowest BCUT2D eigenvalue weighted by atomic mass is 9.90. The van der Waals surface area contributed by atoms with E-state index in [0.29, 0.717) is 12.5 Å². The van der Waals surface area contributed by atoms with Crippen LogP contribution in [0.4, 0.5) is 0 Å². The van der Waals surface area contributed by atoms with Gasteiger partial charge in [0.15, 0.2) is 0 Å². The fourth-order valence-electron chi connectivity index (χ4n) is 1.77. The van der Waals surface area contributed by atoms with Gasteiger partial charge in [0.05, 0.1) is 6.61 Å². The minimum absolute atomic E-state index is 0.163. The highest BCUT2D eigenvalue weighted by molar-refractivity contribution is 14.1. The third-order valence-electron chi connectivity index (χ3n) is 2.96. The Hall–Kier alpha value is -0.0600. The number of hydrogen-bond acceptors (Lipinski definition) is 2. The van der Waals surface area contributed by atoms with E-state index in [4.69, 9.17) is 4.74 Å². The summed E-state index contributed by atoms with van der Waals surface area (Å²) in [6, 6.07) is 0. The van der Waals surface area contributed by atoms with Crippen LogP contribution in [0, 0.1) is 5.92 Å². The first-order valence-corrected chi connectivity index (χ1v) is 6.64. The Balaban J connectivity index is 2.29. The Morgan fingerprint density at radius 1 is 1.53 bits per heavy atom. The maximum absolute atomic E-state index is 11.6. The van der Waals surface area contributed by atoms with Crippen molar-refractivity contribution in [1.29, 1.82) is 0 Å². The molecule has 15 heavy (non-hydrogen) atoms. The van der Waals surface area contributed by atoms with E-state index < -0.39 is 3.42 Å². The molecule has 0 amide bonds. The molecule has 1 atom stereocenters.